The number of ether oxygens (including phenoxy) is 1. The number of aryl methyl sites for hydroxylation is 2. The van der Waals surface area contributed by atoms with Gasteiger partial charge in [0, 0.05) is 25.9 Å². The van der Waals surface area contributed by atoms with Crippen LogP contribution in [0.25, 0.3) is 0 Å². The van der Waals surface area contributed by atoms with Gasteiger partial charge in [0.25, 0.3) is 0 Å². The molecule has 0 atom stereocenters. The zero-order chi connectivity index (χ0) is 10.4. The average Bonchev–Trinajstić information content (AvgIpc) is 2.11. The molecule has 0 fully saturated rings. The number of nitrogens with one attached hydrogen (secondary N) is 1. The highest BCUT2D eigenvalue weighted by molar-refractivity contribution is 5.48. The van der Waals surface area contributed by atoms with Crippen molar-refractivity contribution >= 4 is 5.69 Å². The molecule has 0 unspecified atom stereocenters. The van der Waals surface area contributed by atoms with Gasteiger partial charge < -0.3 is 10.1 Å². The van der Waals surface area contributed by atoms with E-state index in [2.05, 4.69) is 37.4 Å². The van der Waals surface area contributed by atoms with Crippen LogP contribution in [0.4, 0.5) is 5.69 Å². The van der Waals surface area contributed by atoms with E-state index in [4.69, 9.17) is 4.74 Å². The topological polar surface area (TPSA) is 21.3 Å². The predicted octanol–water partition coefficient (Wildman–Crippen LogP) is 2.75. The summed E-state index contributed by atoms with van der Waals surface area (Å²) in [4.78, 5) is 0. The van der Waals surface area contributed by atoms with Gasteiger partial charge in [-0.15, -0.1) is 0 Å². The second kappa shape index (κ2) is 5.66. The van der Waals surface area contributed by atoms with Crippen LogP contribution in [0, 0.1) is 13.8 Å². The first-order valence-electron chi connectivity index (χ1n) is 5.03. The Hall–Kier alpha value is -1.02. The lowest BCUT2D eigenvalue weighted by Crippen LogP contribution is -2.04. The van der Waals surface area contributed by atoms with E-state index < -0.39 is 0 Å². The molecule has 0 spiro atoms. The summed E-state index contributed by atoms with van der Waals surface area (Å²) in [5, 5.41) is 3.38. The molecule has 1 N–H and O–H groups in total. The Morgan fingerprint density at radius 1 is 1.14 bits per heavy atom. The maximum Gasteiger partial charge on any atom is 0.0479 e. The van der Waals surface area contributed by atoms with E-state index in [1.54, 1.807) is 7.11 Å². The van der Waals surface area contributed by atoms with Gasteiger partial charge in [0.15, 0.2) is 0 Å². The van der Waals surface area contributed by atoms with E-state index in [-0.39, 0.29) is 0 Å². The van der Waals surface area contributed by atoms with E-state index in [9.17, 15) is 0 Å². The van der Waals surface area contributed by atoms with Gasteiger partial charge in [-0.3, -0.25) is 0 Å². The van der Waals surface area contributed by atoms with Crippen molar-refractivity contribution in [2.24, 2.45) is 0 Å². The molecule has 0 bridgehead atoms. The van der Waals surface area contributed by atoms with Gasteiger partial charge in [-0.1, -0.05) is 6.07 Å². The number of benzene rings is 1. The number of hydrogen-bond donors (Lipinski definition) is 1. The normalized spacial score (nSPS) is 10.2. The first-order valence-corrected chi connectivity index (χ1v) is 5.03. The van der Waals surface area contributed by atoms with Crippen molar-refractivity contribution in [2.45, 2.75) is 20.3 Å². The summed E-state index contributed by atoms with van der Waals surface area (Å²) in [6.07, 6.45) is 1.05. The first kappa shape index (κ1) is 11.1. The first-order chi connectivity index (χ1) is 6.72. The van der Waals surface area contributed by atoms with E-state index in [1.807, 2.05) is 0 Å². The smallest absolute Gasteiger partial charge is 0.0479 e. The maximum absolute atomic E-state index is 4.99. The lowest BCUT2D eigenvalue weighted by atomic mass is 10.1. The minimum atomic E-state index is 0.817. The van der Waals surface area contributed by atoms with Crippen LogP contribution in [0.15, 0.2) is 18.2 Å². The number of rotatable bonds is 5. The Morgan fingerprint density at radius 2 is 1.79 bits per heavy atom. The molecule has 0 aliphatic heterocycles. The van der Waals surface area contributed by atoms with Crippen molar-refractivity contribution in [2.75, 3.05) is 25.6 Å². The Labute approximate surface area is 86.3 Å². The quantitative estimate of drug-likeness (QED) is 0.726. The third-order valence-electron chi connectivity index (χ3n) is 2.08. The standard InChI is InChI=1S/C12H19NO/c1-10-7-11(2)9-12(8-10)13-5-4-6-14-3/h7-9,13H,4-6H2,1-3H3. The van der Waals surface area contributed by atoms with Crippen LogP contribution >= 0.6 is 0 Å². The molecule has 1 rings (SSSR count). The fourth-order valence-corrected chi connectivity index (χ4v) is 1.53. The molecule has 1 aromatic rings. The van der Waals surface area contributed by atoms with Gasteiger partial charge in [0.05, 0.1) is 0 Å². The molecule has 0 saturated carbocycles. The van der Waals surface area contributed by atoms with Crippen LogP contribution < -0.4 is 5.32 Å². The molecule has 78 valence electrons. The molecule has 1 aromatic carbocycles. The van der Waals surface area contributed by atoms with Crippen LogP contribution in [0.5, 0.6) is 0 Å². The number of methoxy groups -OCH3 is 1. The minimum Gasteiger partial charge on any atom is -0.385 e. The lowest BCUT2D eigenvalue weighted by Gasteiger charge is -2.08. The maximum atomic E-state index is 4.99. The molecule has 0 saturated heterocycles. The van der Waals surface area contributed by atoms with Gasteiger partial charge in [0.1, 0.15) is 0 Å². The van der Waals surface area contributed by atoms with Gasteiger partial charge in [-0.05, 0) is 43.5 Å². The summed E-state index contributed by atoms with van der Waals surface area (Å²) >= 11 is 0. The molecule has 0 radical (unpaired) electrons. The monoisotopic (exact) mass is 193 g/mol. The van der Waals surface area contributed by atoms with Crippen molar-refractivity contribution in [1.29, 1.82) is 0 Å². The Bertz CT molecular complexity index is 263. The van der Waals surface area contributed by atoms with Crippen molar-refractivity contribution < 1.29 is 4.74 Å². The molecule has 2 nitrogen and oxygen atoms in total. The number of anilines is 1. The Morgan fingerprint density at radius 3 is 2.36 bits per heavy atom. The Balaban J connectivity index is 2.42. The van der Waals surface area contributed by atoms with Crippen LogP contribution in [-0.4, -0.2) is 20.3 Å². The lowest BCUT2D eigenvalue weighted by molar-refractivity contribution is 0.198. The SMILES string of the molecule is COCCCNc1cc(C)cc(C)c1. The van der Waals surface area contributed by atoms with Gasteiger partial charge in [-0.25, -0.2) is 0 Å². The fourth-order valence-electron chi connectivity index (χ4n) is 1.53. The van der Waals surface area contributed by atoms with Gasteiger partial charge >= 0.3 is 0 Å². The van der Waals surface area contributed by atoms with Crippen molar-refractivity contribution in [3.05, 3.63) is 29.3 Å². The molecule has 0 aromatic heterocycles. The highest BCUT2D eigenvalue weighted by Crippen LogP contribution is 2.13. The van der Waals surface area contributed by atoms with Crippen LogP contribution in [-0.2, 0) is 4.74 Å². The van der Waals surface area contributed by atoms with Gasteiger partial charge in [-0.2, -0.15) is 0 Å². The van der Waals surface area contributed by atoms with Crippen LogP contribution in [0.1, 0.15) is 17.5 Å². The predicted molar refractivity (Wildman–Crippen MR) is 60.9 cm³/mol. The summed E-state index contributed by atoms with van der Waals surface area (Å²) in [6, 6.07) is 6.51. The molecular formula is C12H19NO. The third kappa shape index (κ3) is 3.79. The molecule has 0 amide bonds. The molecule has 2 heteroatoms. The van der Waals surface area contributed by atoms with E-state index in [0.29, 0.717) is 0 Å². The van der Waals surface area contributed by atoms with Crippen molar-refractivity contribution in [1.82, 2.24) is 0 Å². The molecule has 0 aliphatic carbocycles. The highest BCUT2D eigenvalue weighted by Gasteiger charge is 1.94. The highest BCUT2D eigenvalue weighted by atomic mass is 16.5. The van der Waals surface area contributed by atoms with Crippen LogP contribution in [0.2, 0.25) is 0 Å². The largest absolute Gasteiger partial charge is 0.385 e. The van der Waals surface area contributed by atoms with Gasteiger partial charge in [0.2, 0.25) is 0 Å². The zero-order valence-electron chi connectivity index (χ0n) is 9.26. The van der Waals surface area contributed by atoms with Crippen molar-refractivity contribution in [3.63, 3.8) is 0 Å². The average molecular weight is 193 g/mol. The fraction of sp³-hybridized carbons (Fsp3) is 0.500. The van der Waals surface area contributed by atoms with E-state index >= 15 is 0 Å². The molecule has 14 heavy (non-hydrogen) atoms. The van der Waals surface area contributed by atoms with Crippen molar-refractivity contribution in [3.8, 4) is 0 Å². The second-order valence-corrected chi connectivity index (χ2v) is 3.65. The third-order valence-corrected chi connectivity index (χ3v) is 2.08. The van der Waals surface area contributed by atoms with Crippen LogP contribution in [0.3, 0.4) is 0 Å². The summed E-state index contributed by atoms with van der Waals surface area (Å²) < 4.78 is 4.99. The Kier molecular flexibility index (Phi) is 4.47. The number of hydrogen-bond acceptors (Lipinski definition) is 2. The molecule has 0 aliphatic rings. The summed E-state index contributed by atoms with van der Waals surface area (Å²) in [6.45, 7) is 6.02. The molecular weight excluding hydrogens is 174 g/mol. The summed E-state index contributed by atoms with van der Waals surface area (Å²) in [5.41, 5.74) is 3.82. The molecule has 0 heterocycles. The van der Waals surface area contributed by atoms with E-state index in [0.717, 1.165) is 19.6 Å². The minimum absolute atomic E-state index is 0.817. The second-order valence-electron chi connectivity index (χ2n) is 3.65. The summed E-state index contributed by atoms with van der Waals surface area (Å²) in [5.74, 6) is 0. The zero-order valence-corrected chi connectivity index (χ0v) is 9.26. The summed E-state index contributed by atoms with van der Waals surface area (Å²) in [7, 11) is 1.73. The van der Waals surface area contributed by atoms with E-state index in [1.165, 1.54) is 16.8 Å².